The molecule has 1 saturated heterocycles. The Hall–Kier alpha value is -4.06. The summed E-state index contributed by atoms with van der Waals surface area (Å²) in [6.45, 7) is 6.48. The normalized spacial score (nSPS) is 14.5. The average Bonchev–Trinajstić information content (AvgIpc) is 2.86. The minimum atomic E-state index is -1.08. The van der Waals surface area contributed by atoms with Gasteiger partial charge in [0.2, 0.25) is 5.91 Å². The van der Waals surface area contributed by atoms with Gasteiger partial charge in [-0.05, 0) is 33.3 Å². The Morgan fingerprint density at radius 1 is 1.05 bits per heavy atom. The Bertz CT molecular complexity index is 1130. The van der Waals surface area contributed by atoms with Gasteiger partial charge in [-0.1, -0.05) is 29.8 Å². The average molecular weight is 514 g/mol. The molecule has 12 nitrogen and oxygen atoms in total. The van der Waals surface area contributed by atoms with Gasteiger partial charge in [-0.25, -0.2) is 14.8 Å². The van der Waals surface area contributed by atoms with E-state index in [-0.39, 0.29) is 51.3 Å². The summed E-state index contributed by atoms with van der Waals surface area (Å²) in [7, 11) is 0. The number of aromatic nitrogens is 2. The van der Waals surface area contributed by atoms with Crippen molar-refractivity contribution in [2.24, 2.45) is 0 Å². The van der Waals surface area contributed by atoms with Crippen molar-refractivity contribution < 1.29 is 33.9 Å². The lowest BCUT2D eigenvalue weighted by atomic mass is 10.1. The highest BCUT2D eigenvalue weighted by molar-refractivity contribution is 5.96. The molecule has 3 rings (SSSR count). The van der Waals surface area contributed by atoms with Gasteiger partial charge >= 0.3 is 12.1 Å². The number of hydroxylamine groups is 2. The quantitative estimate of drug-likeness (QED) is 0.476. The Balaban J connectivity index is 1.71. The number of carboxylic acid groups (broad SMARTS) is 1. The lowest BCUT2D eigenvalue weighted by Gasteiger charge is -2.35. The standard InChI is InChI=1S/C25H31N5O7/c1-4-36-25(35)37-30-13-11-29(12-14-30)24(34)19(9-10-21(31)32)28-23(33)20-15-17(3)26-22(27-20)18-7-5-16(2)6-8-18/h5-8,15,19H,4,9-14H2,1-3H3,(H,28,33)(H,31,32)/t19-/m0/s1. The summed E-state index contributed by atoms with van der Waals surface area (Å²) >= 11 is 0. The van der Waals surface area contributed by atoms with Crippen molar-refractivity contribution in [3.8, 4) is 11.4 Å². The van der Waals surface area contributed by atoms with E-state index in [0.29, 0.717) is 11.5 Å². The first-order valence-corrected chi connectivity index (χ1v) is 12.0. The summed E-state index contributed by atoms with van der Waals surface area (Å²) in [5.41, 5.74) is 2.46. The number of nitrogens with one attached hydrogen (secondary N) is 1. The van der Waals surface area contributed by atoms with Gasteiger partial charge in [0.05, 0.1) is 19.7 Å². The molecule has 2 amide bonds. The summed E-state index contributed by atoms with van der Waals surface area (Å²) < 4.78 is 4.75. The van der Waals surface area contributed by atoms with Crippen LogP contribution in [0.2, 0.25) is 0 Å². The molecule has 1 aliphatic rings. The van der Waals surface area contributed by atoms with Gasteiger partial charge in [-0.3, -0.25) is 14.4 Å². The topological polar surface area (TPSA) is 151 Å². The molecule has 0 saturated carbocycles. The third kappa shape index (κ3) is 7.97. The third-order valence-corrected chi connectivity index (χ3v) is 5.66. The minimum absolute atomic E-state index is 0.0730. The minimum Gasteiger partial charge on any atom is -0.481 e. The summed E-state index contributed by atoms with van der Waals surface area (Å²) in [4.78, 5) is 64.4. The molecule has 2 N–H and O–H groups in total. The van der Waals surface area contributed by atoms with Crippen LogP contribution < -0.4 is 5.32 Å². The first kappa shape index (κ1) is 27.5. The van der Waals surface area contributed by atoms with Crippen LogP contribution in [0.4, 0.5) is 4.79 Å². The predicted octanol–water partition coefficient (Wildman–Crippen LogP) is 1.96. The van der Waals surface area contributed by atoms with Crippen LogP contribution in [0.3, 0.4) is 0 Å². The van der Waals surface area contributed by atoms with Crippen molar-refractivity contribution in [1.82, 2.24) is 25.2 Å². The number of nitrogens with zero attached hydrogens (tertiary/aromatic N) is 4. The molecule has 2 heterocycles. The molecule has 12 heteroatoms. The van der Waals surface area contributed by atoms with Crippen molar-refractivity contribution in [2.75, 3.05) is 32.8 Å². The van der Waals surface area contributed by atoms with Crippen molar-refractivity contribution >= 4 is 23.9 Å². The SMILES string of the molecule is CCOC(=O)ON1CCN(C(=O)[C@H](CCC(=O)O)NC(=O)c2cc(C)nc(-c3ccc(C)cc3)n2)CC1. The van der Waals surface area contributed by atoms with Gasteiger partial charge in [0.1, 0.15) is 11.7 Å². The second-order valence-corrected chi connectivity index (χ2v) is 8.57. The van der Waals surface area contributed by atoms with Gasteiger partial charge in [-0.15, -0.1) is 5.06 Å². The third-order valence-electron chi connectivity index (χ3n) is 5.66. The molecular formula is C25H31N5O7. The van der Waals surface area contributed by atoms with Gasteiger partial charge in [0.25, 0.3) is 5.91 Å². The Morgan fingerprint density at radius 3 is 2.35 bits per heavy atom. The number of benzene rings is 1. The van der Waals surface area contributed by atoms with Gasteiger partial charge in [0, 0.05) is 30.8 Å². The molecule has 37 heavy (non-hydrogen) atoms. The molecule has 1 aliphatic heterocycles. The van der Waals surface area contributed by atoms with E-state index < -0.39 is 30.0 Å². The fourth-order valence-electron chi connectivity index (χ4n) is 3.74. The number of carboxylic acids is 1. The van der Waals surface area contributed by atoms with Crippen molar-refractivity contribution in [2.45, 2.75) is 39.7 Å². The first-order chi connectivity index (χ1) is 17.7. The number of rotatable bonds is 9. The zero-order valence-corrected chi connectivity index (χ0v) is 21.1. The van der Waals surface area contributed by atoms with Crippen LogP contribution in [0, 0.1) is 13.8 Å². The number of hydrogen-bond acceptors (Lipinski definition) is 9. The van der Waals surface area contributed by atoms with E-state index in [1.54, 1.807) is 13.8 Å². The van der Waals surface area contributed by atoms with E-state index in [0.717, 1.165) is 11.1 Å². The van der Waals surface area contributed by atoms with E-state index in [4.69, 9.17) is 14.7 Å². The number of carbonyl (C=O) groups is 4. The molecule has 1 fully saturated rings. The first-order valence-electron chi connectivity index (χ1n) is 12.0. The largest absolute Gasteiger partial charge is 0.527 e. The van der Waals surface area contributed by atoms with E-state index in [9.17, 15) is 19.2 Å². The van der Waals surface area contributed by atoms with Gasteiger partial charge in [0.15, 0.2) is 5.82 Å². The second-order valence-electron chi connectivity index (χ2n) is 8.57. The number of ether oxygens (including phenoxy) is 1. The second kappa shape index (κ2) is 12.8. The highest BCUT2D eigenvalue weighted by atomic mass is 16.8. The zero-order chi connectivity index (χ0) is 26.9. The summed E-state index contributed by atoms with van der Waals surface area (Å²) in [5, 5.41) is 13.2. The number of piperazine rings is 1. The highest BCUT2D eigenvalue weighted by Gasteiger charge is 2.31. The molecule has 0 unspecified atom stereocenters. The van der Waals surface area contributed by atoms with Crippen LogP contribution in [0.25, 0.3) is 11.4 Å². The highest BCUT2D eigenvalue weighted by Crippen LogP contribution is 2.17. The van der Waals surface area contributed by atoms with E-state index in [2.05, 4.69) is 15.3 Å². The maximum Gasteiger partial charge on any atom is 0.527 e. The number of hydrogen-bond donors (Lipinski definition) is 2. The Labute approximate surface area is 214 Å². The monoisotopic (exact) mass is 513 g/mol. The van der Waals surface area contributed by atoms with Gasteiger partial charge in [-0.2, -0.15) is 0 Å². The molecule has 0 aliphatic carbocycles. The molecule has 198 valence electrons. The maximum absolute atomic E-state index is 13.2. The van der Waals surface area contributed by atoms with Crippen LogP contribution in [0.15, 0.2) is 30.3 Å². The molecule has 1 atom stereocenters. The Kier molecular flexibility index (Phi) is 9.50. The summed E-state index contributed by atoms with van der Waals surface area (Å²) in [6.07, 6.45) is -1.21. The molecule has 0 spiro atoms. The van der Waals surface area contributed by atoms with Crippen LogP contribution in [0.1, 0.15) is 41.5 Å². The van der Waals surface area contributed by atoms with Crippen LogP contribution in [-0.2, 0) is 19.2 Å². The van der Waals surface area contributed by atoms with E-state index >= 15 is 0 Å². The smallest absolute Gasteiger partial charge is 0.481 e. The van der Waals surface area contributed by atoms with E-state index in [1.807, 2.05) is 31.2 Å². The summed E-state index contributed by atoms with van der Waals surface area (Å²) in [6, 6.07) is 7.99. The van der Waals surface area contributed by atoms with Crippen LogP contribution >= 0.6 is 0 Å². The molecule has 1 aromatic carbocycles. The summed E-state index contributed by atoms with van der Waals surface area (Å²) in [5.74, 6) is -1.74. The maximum atomic E-state index is 13.2. The Morgan fingerprint density at radius 2 is 1.73 bits per heavy atom. The zero-order valence-electron chi connectivity index (χ0n) is 21.1. The van der Waals surface area contributed by atoms with Crippen molar-refractivity contribution in [3.05, 3.63) is 47.3 Å². The molecule has 0 radical (unpaired) electrons. The van der Waals surface area contributed by atoms with Crippen LogP contribution in [-0.4, -0.2) is 87.8 Å². The molecular weight excluding hydrogens is 482 g/mol. The lowest BCUT2D eigenvalue weighted by Crippen LogP contribution is -2.55. The number of aliphatic carboxylic acids is 1. The fourth-order valence-corrected chi connectivity index (χ4v) is 3.74. The van der Waals surface area contributed by atoms with Crippen molar-refractivity contribution in [3.63, 3.8) is 0 Å². The predicted molar refractivity (Wildman–Crippen MR) is 131 cm³/mol. The molecule has 2 aromatic rings. The molecule has 0 bridgehead atoms. The van der Waals surface area contributed by atoms with Crippen molar-refractivity contribution in [1.29, 1.82) is 0 Å². The lowest BCUT2D eigenvalue weighted by molar-refractivity contribution is -0.157. The van der Waals surface area contributed by atoms with Gasteiger partial charge < -0.3 is 24.9 Å². The number of aryl methyl sites for hydroxylation is 2. The van der Waals surface area contributed by atoms with E-state index in [1.165, 1.54) is 16.0 Å². The number of amides is 2. The fraction of sp³-hybridized carbons (Fsp3) is 0.440. The number of carbonyl (C=O) groups excluding carboxylic acids is 3. The van der Waals surface area contributed by atoms with Crippen LogP contribution in [0.5, 0.6) is 0 Å². The molecule has 1 aromatic heterocycles.